The molecule has 0 aliphatic heterocycles. The third kappa shape index (κ3) is 2.39. The summed E-state index contributed by atoms with van der Waals surface area (Å²) in [5, 5.41) is 12.6. The molecule has 0 saturated heterocycles. The summed E-state index contributed by atoms with van der Waals surface area (Å²) in [6.45, 7) is 0.262. The zero-order chi connectivity index (χ0) is 10.7. The summed E-state index contributed by atoms with van der Waals surface area (Å²) in [7, 11) is 0. The number of pyridine rings is 1. The van der Waals surface area contributed by atoms with Crippen molar-refractivity contribution in [2.45, 2.75) is 25.3 Å². The molecule has 1 fully saturated rings. The van der Waals surface area contributed by atoms with Gasteiger partial charge in [0.1, 0.15) is 5.82 Å². The van der Waals surface area contributed by atoms with Gasteiger partial charge in [-0.15, -0.1) is 0 Å². The summed E-state index contributed by atoms with van der Waals surface area (Å²) in [4.78, 5) is 3.94. The van der Waals surface area contributed by atoms with Crippen LogP contribution < -0.4 is 11.1 Å². The fourth-order valence-corrected chi connectivity index (χ4v) is 2.20. The number of anilines is 2. The summed E-state index contributed by atoms with van der Waals surface area (Å²) in [5.74, 6) is 0.901. The first kappa shape index (κ1) is 10.2. The molecule has 1 saturated carbocycles. The van der Waals surface area contributed by atoms with Crippen LogP contribution in [0.4, 0.5) is 11.5 Å². The zero-order valence-electron chi connectivity index (χ0n) is 8.69. The van der Waals surface area contributed by atoms with Crippen LogP contribution in [0.1, 0.15) is 19.3 Å². The molecule has 4 heteroatoms. The van der Waals surface area contributed by atoms with E-state index in [-0.39, 0.29) is 6.61 Å². The van der Waals surface area contributed by atoms with Crippen LogP contribution in [0.5, 0.6) is 0 Å². The molecule has 0 bridgehead atoms. The van der Waals surface area contributed by atoms with Crippen LogP contribution in [0.3, 0.4) is 0 Å². The lowest BCUT2D eigenvalue weighted by atomic mass is 10.0. The second kappa shape index (κ2) is 4.49. The van der Waals surface area contributed by atoms with E-state index in [1.807, 2.05) is 12.1 Å². The van der Waals surface area contributed by atoms with E-state index >= 15 is 0 Å². The van der Waals surface area contributed by atoms with Crippen molar-refractivity contribution in [3.05, 3.63) is 18.3 Å². The predicted molar refractivity (Wildman–Crippen MR) is 60.5 cm³/mol. The van der Waals surface area contributed by atoms with Crippen molar-refractivity contribution < 1.29 is 5.11 Å². The molecule has 4 nitrogen and oxygen atoms in total. The van der Waals surface area contributed by atoms with Crippen LogP contribution >= 0.6 is 0 Å². The van der Waals surface area contributed by atoms with Gasteiger partial charge in [-0.2, -0.15) is 0 Å². The summed E-state index contributed by atoms with van der Waals surface area (Å²) in [6, 6.07) is 4.10. The maximum atomic E-state index is 9.19. The third-order valence-electron chi connectivity index (χ3n) is 3.03. The Morgan fingerprint density at radius 2 is 2.40 bits per heavy atom. The van der Waals surface area contributed by atoms with Crippen molar-refractivity contribution >= 4 is 11.5 Å². The number of nitrogen functional groups attached to an aromatic ring is 1. The van der Waals surface area contributed by atoms with Gasteiger partial charge in [0.2, 0.25) is 0 Å². The highest BCUT2D eigenvalue weighted by molar-refractivity contribution is 5.50. The van der Waals surface area contributed by atoms with Crippen LogP contribution in [-0.4, -0.2) is 22.7 Å². The Morgan fingerprint density at radius 1 is 1.53 bits per heavy atom. The molecular formula is C11H17N3O. The SMILES string of the molecule is Nc1cc(NC2CCCC2CO)ccn1. The van der Waals surface area contributed by atoms with Crippen molar-refractivity contribution in [3.8, 4) is 0 Å². The van der Waals surface area contributed by atoms with Gasteiger partial charge < -0.3 is 16.2 Å². The molecule has 1 aliphatic carbocycles. The minimum absolute atomic E-state index is 0.262. The summed E-state index contributed by atoms with van der Waals surface area (Å²) in [6.07, 6.45) is 5.10. The van der Waals surface area contributed by atoms with Crippen molar-refractivity contribution in [2.24, 2.45) is 5.92 Å². The number of aliphatic hydroxyl groups excluding tert-OH is 1. The van der Waals surface area contributed by atoms with E-state index < -0.39 is 0 Å². The van der Waals surface area contributed by atoms with Gasteiger partial charge in [0.05, 0.1) is 0 Å². The molecular weight excluding hydrogens is 190 g/mol. The third-order valence-corrected chi connectivity index (χ3v) is 3.03. The quantitative estimate of drug-likeness (QED) is 0.697. The molecule has 1 aliphatic rings. The van der Waals surface area contributed by atoms with Crippen molar-refractivity contribution in [1.82, 2.24) is 4.98 Å². The Kier molecular flexibility index (Phi) is 3.06. The average Bonchev–Trinajstić information content (AvgIpc) is 2.65. The summed E-state index contributed by atoms with van der Waals surface area (Å²) in [5.41, 5.74) is 6.59. The number of rotatable bonds is 3. The lowest BCUT2D eigenvalue weighted by molar-refractivity contribution is 0.222. The molecule has 0 aromatic carbocycles. The molecule has 15 heavy (non-hydrogen) atoms. The van der Waals surface area contributed by atoms with Crippen LogP contribution in [-0.2, 0) is 0 Å². The first-order valence-corrected chi connectivity index (χ1v) is 5.38. The Hall–Kier alpha value is -1.29. The van der Waals surface area contributed by atoms with Gasteiger partial charge in [-0.25, -0.2) is 4.98 Å². The maximum Gasteiger partial charge on any atom is 0.125 e. The normalized spacial score (nSPS) is 25.4. The molecule has 82 valence electrons. The first-order valence-electron chi connectivity index (χ1n) is 5.38. The zero-order valence-corrected chi connectivity index (χ0v) is 8.69. The van der Waals surface area contributed by atoms with Crippen molar-refractivity contribution in [3.63, 3.8) is 0 Å². The average molecular weight is 207 g/mol. The van der Waals surface area contributed by atoms with Gasteiger partial charge in [-0.3, -0.25) is 0 Å². The number of hydrogen-bond acceptors (Lipinski definition) is 4. The Balaban J connectivity index is 2.02. The van der Waals surface area contributed by atoms with E-state index in [1.54, 1.807) is 6.20 Å². The lowest BCUT2D eigenvalue weighted by Crippen LogP contribution is -2.26. The van der Waals surface area contributed by atoms with Gasteiger partial charge in [-0.05, 0) is 18.9 Å². The van der Waals surface area contributed by atoms with E-state index in [9.17, 15) is 5.11 Å². The number of nitrogens with one attached hydrogen (secondary N) is 1. The molecule has 1 aromatic heterocycles. The molecule has 0 spiro atoms. The number of nitrogens with zero attached hydrogens (tertiary/aromatic N) is 1. The molecule has 2 unspecified atom stereocenters. The largest absolute Gasteiger partial charge is 0.396 e. The van der Waals surface area contributed by atoms with Gasteiger partial charge in [-0.1, -0.05) is 6.42 Å². The first-order chi connectivity index (χ1) is 7.29. The monoisotopic (exact) mass is 207 g/mol. The molecule has 1 heterocycles. The van der Waals surface area contributed by atoms with Crippen molar-refractivity contribution in [1.29, 1.82) is 0 Å². The molecule has 4 N–H and O–H groups in total. The molecule has 2 rings (SSSR count). The molecule has 0 amide bonds. The minimum Gasteiger partial charge on any atom is -0.396 e. The second-order valence-corrected chi connectivity index (χ2v) is 4.09. The number of aromatic nitrogens is 1. The smallest absolute Gasteiger partial charge is 0.125 e. The standard InChI is InChI=1S/C11H17N3O/c12-11-6-9(4-5-13-11)14-10-3-1-2-8(10)7-15/h4-6,8,10,15H,1-3,7H2,(H3,12,13,14). The predicted octanol–water partition coefficient (Wildman–Crippen LogP) is 1.24. The van der Waals surface area contributed by atoms with Crippen LogP contribution in [0.2, 0.25) is 0 Å². The number of aliphatic hydroxyl groups is 1. The van der Waals surface area contributed by atoms with Gasteiger partial charge in [0, 0.05) is 36.5 Å². The van der Waals surface area contributed by atoms with E-state index in [0.717, 1.165) is 18.5 Å². The van der Waals surface area contributed by atoms with Crippen LogP contribution in [0.25, 0.3) is 0 Å². The second-order valence-electron chi connectivity index (χ2n) is 4.09. The van der Waals surface area contributed by atoms with Gasteiger partial charge in [0.15, 0.2) is 0 Å². The van der Waals surface area contributed by atoms with E-state index in [1.165, 1.54) is 6.42 Å². The fraction of sp³-hybridized carbons (Fsp3) is 0.545. The number of hydrogen-bond donors (Lipinski definition) is 3. The highest BCUT2D eigenvalue weighted by Crippen LogP contribution is 2.28. The maximum absolute atomic E-state index is 9.19. The lowest BCUT2D eigenvalue weighted by Gasteiger charge is -2.20. The van der Waals surface area contributed by atoms with E-state index in [0.29, 0.717) is 17.8 Å². The van der Waals surface area contributed by atoms with Crippen LogP contribution in [0.15, 0.2) is 18.3 Å². The summed E-state index contributed by atoms with van der Waals surface area (Å²) < 4.78 is 0. The Labute approximate surface area is 89.5 Å². The van der Waals surface area contributed by atoms with Gasteiger partial charge in [0.25, 0.3) is 0 Å². The van der Waals surface area contributed by atoms with Gasteiger partial charge >= 0.3 is 0 Å². The Morgan fingerprint density at radius 3 is 3.13 bits per heavy atom. The molecule has 2 atom stereocenters. The van der Waals surface area contributed by atoms with E-state index in [4.69, 9.17) is 5.73 Å². The van der Waals surface area contributed by atoms with Crippen LogP contribution in [0, 0.1) is 5.92 Å². The number of nitrogens with two attached hydrogens (primary N) is 1. The summed E-state index contributed by atoms with van der Waals surface area (Å²) >= 11 is 0. The topological polar surface area (TPSA) is 71.2 Å². The molecule has 0 radical (unpaired) electrons. The van der Waals surface area contributed by atoms with E-state index in [2.05, 4.69) is 10.3 Å². The highest BCUT2D eigenvalue weighted by Gasteiger charge is 2.26. The highest BCUT2D eigenvalue weighted by atomic mass is 16.3. The minimum atomic E-state index is 0.262. The fourth-order valence-electron chi connectivity index (χ4n) is 2.20. The van der Waals surface area contributed by atoms with Crippen molar-refractivity contribution in [2.75, 3.05) is 17.7 Å². The molecule has 1 aromatic rings. The Bertz CT molecular complexity index is 329.